The van der Waals surface area contributed by atoms with Crippen molar-refractivity contribution in [2.24, 2.45) is 5.92 Å². The van der Waals surface area contributed by atoms with Crippen molar-refractivity contribution in [3.8, 4) is 0 Å². The molecule has 6 nitrogen and oxygen atoms in total. The molecule has 1 aliphatic rings. The lowest BCUT2D eigenvalue weighted by molar-refractivity contribution is -0.145. The highest BCUT2D eigenvalue weighted by Gasteiger charge is 2.17. The normalized spacial score (nSPS) is 15.6. The van der Waals surface area contributed by atoms with Crippen LogP contribution in [0.1, 0.15) is 201 Å². The Morgan fingerprint density at radius 1 is 0.600 bits per heavy atom. The molecule has 0 spiro atoms. The number of aliphatic hydroxyl groups is 1. The van der Waals surface area contributed by atoms with Crippen LogP contribution in [-0.2, 0) is 9.53 Å². The smallest absolute Gasteiger partial charge is 0.307 e. The van der Waals surface area contributed by atoms with E-state index in [4.69, 9.17) is 4.74 Å². The predicted molar refractivity (Wildman–Crippen MR) is 217 cm³/mol. The molecule has 1 aliphatic heterocycles. The molecular formula is C44H89N3O3. The lowest BCUT2D eigenvalue weighted by Gasteiger charge is -2.32. The summed E-state index contributed by atoms with van der Waals surface area (Å²) in [5.41, 5.74) is 0. The number of hydrogen-bond acceptors (Lipinski definition) is 6. The topological polar surface area (TPSA) is 56.2 Å². The van der Waals surface area contributed by atoms with Crippen molar-refractivity contribution in [3.63, 3.8) is 0 Å². The summed E-state index contributed by atoms with van der Waals surface area (Å²) >= 11 is 0. The summed E-state index contributed by atoms with van der Waals surface area (Å²) in [6.07, 6.45) is 34.7. The Hall–Kier alpha value is -0.690. The minimum Gasteiger partial charge on any atom is -0.465 e. The van der Waals surface area contributed by atoms with Crippen LogP contribution in [0, 0.1) is 5.92 Å². The molecule has 0 aliphatic carbocycles. The molecule has 0 radical (unpaired) electrons. The summed E-state index contributed by atoms with van der Waals surface area (Å²) in [5, 5.41) is 11.0. The van der Waals surface area contributed by atoms with Crippen LogP contribution in [0.15, 0.2) is 0 Å². The first-order valence-electron chi connectivity index (χ1n) is 22.4. The molecule has 6 heteroatoms. The maximum absolute atomic E-state index is 13.1. The third-order valence-electron chi connectivity index (χ3n) is 11.2. The number of carbonyl (C=O) groups excluding carboxylic acids is 1. The highest BCUT2D eigenvalue weighted by atomic mass is 16.5. The zero-order chi connectivity index (χ0) is 36.3. The molecule has 0 saturated carbocycles. The van der Waals surface area contributed by atoms with Gasteiger partial charge in [-0.3, -0.25) is 4.79 Å². The average Bonchev–Trinajstić information content (AvgIpc) is 3.11. The van der Waals surface area contributed by atoms with E-state index in [2.05, 4.69) is 42.5 Å². The summed E-state index contributed by atoms with van der Waals surface area (Å²) < 4.78 is 5.98. The molecule has 2 unspecified atom stereocenters. The van der Waals surface area contributed by atoms with Crippen molar-refractivity contribution in [1.82, 2.24) is 14.7 Å². The van der Waals surface area contributed by atoms with E-state index in [0.717, 1.165) is 45.4 Å². The van der Waals surface area contributed by atoms with Crippen molar-refractivity contribution in [1.29, 1.82) is 0 Å². The molecule has 0 amide bonds. The molecule has 0 aromatic rings. The van der Waals surface area contributed by atoms with Gasteiger partial charge in [0.15, 0.2) is 0 Å². The monoisotopic (exact) mass is 708 g/mol. The van der Waals surface area contributed by atoms with Gasteiger partial charge in [0.05, 0.1) is 19.1 Å². The van der Waals surface area contributed by atoms with Gasteiger partial charge in [-0.05, 0) is 58.2 Å². The number of ether oxygens (including phenoxy) is 1. The first-order valence-corrected chi connectivity index (χ1v) is 22.4. The van der Waals surface area contributed by atoms with E-state index < -0.39 is 0 Å². The standard InChI is InChI=1S/C44H89N3O3/c1-5-8-11-14-17-19-22-25-30-42(29-24-21-16-13-10-7-3)41-50-44(49)32-35-47(34-28-27-33-46-38-36-45(4)37-39-46)40-43(48)31-26-23-20-18-15-12-9-6-2/h42-43,48H,5-41H2,1-4H3. The Balaban J connectivity index is 2.50. The number of likely N-dealkylation sites (N-methyl/N-ethyl adjacent to an activating group) is 1. The third-order valence-corrected chi connectivity index (χ3v) is 11.2. The van der Waals surface area contributed by atoms with Crippen molar-refractivity contribution in [2.45, 2.75) is 207 Å². The number of rotatable bonds is 37. The fourth-order valence-corrected chi connectivity index (χ4v) is 7.56. The first kappa shape index (κ1) is 47.3. The number of unbranched alkanes of at least 4 members (excludes halogenated alkanes) is 20. The summed E-state index contributed by atoms with van der Waals surface area (Å²) in [7, 11) is 2.21. The molecule has 1 rings (SSSR count). The van der Waals surface area contributed by atoms with Crippen LogP contribution >= 0.6 is 0 Å². The molecule has 0 aromatic heterocycles. The number of nitrogens with zero attached hydrogens (tertiary/aromatic N) is 3. The van der Waals surface area contributed by atoms with Crippen LogP contribution in [0.25, 0.3) is 0 Å². The van der Waals surface area contributed by atoms with Crippen LogP contribution in [-0.4, -0.2) is 97.9 Å². The maximum atomic E-state index is 13.1. The highest BCUT2D eigenvalue weighted by Crippen LogP contribution is 2.20. The van der Waals surface area contributed by atoms with Crippen molar-refractivity contribution in [2.75, 3.05) is 66.0 Å². The minimum atomic E-state index is -0.308. The maximum Gasteiger partial charge on any atom is 0.307 e. The van der Waals surface area contributed by atoms with Gasteiger partial charge in [-0.15, -0.1) is 0 Å². The average molecular weight is 708 g/mol. The highest BCUT2D eigenvalue weighted by molar-refractivity contribution is 5.69. The largest absolute Gasteiger partial charge is 0.465 e. The van der Waals surface area contributed by atoms with Crippen LogP contribution in [0.2, 0.25) is 0 Å². The molecule has 1 saturated heterocycles. The van der Waals surface area contributed by atoms with Crippen LogP contribution < -0.4 is 0 Å². The minimum absolute atomic E-state index is 0.0473. The first-order chi connectivity index (χ1) is 24.5. The lowest BCUT2D eigenvalue weighted by Crippen LogP contribution is -2.44. The van der Waals surface area contributed by atoms with Gasteiger partial charge in [-0.25, -0.2) is 0 Å². The van der Waals surface area contributed by atoms with Crippen LogP contribution in [0.5, 0.6) is 0 Å². The van der Waals surface area contributed by atoms with Gasteiger partial charge in [-0.1, -0.05) is 162 Å². The number of piperazine rings is 1. The van der Waals surface area contributed by atoms with Gasteiger partial charge in [0.1, 0.15) is 0 Å². The number of aliphatic hydroxyl groups excluding tert-OH is 1. The summed E-state index contributed by atoms with van der Waals surface area (Å²) in [6, 6.07) is 0. The Labute approximate surface area is 313 Å². The predicted octanol–water partition coefficient (Wildman–Crippen LogP) is 11.0. The molecule has 1 N–H and O–H groups in total. The SMILES string of the molecule is CCCCCCCCCCC(O)CN(CCCCN1CCN(C)CC1)CCC(=O)OCC(CCCCCCCC)CCCCCCCCCC. The fraction of sp³-hybridized carbons (Fsp3) is 0.977. The zero-order valence-corrected chi connectivity index (χ0v) is 34.4. The van der Waals surface area contributed by atoms with E-state index in [1.165, 1.54) is 167 Å². The molecular weight excluding hydrogens is 619 g/mol. The van der Waals surface area contributed by atoms with Gasteiger partial charge in [0, 0.05) is 39.3 Å². The molecule has 50 heavy (non-hydrogen) atoms. The molecule has 0 bridgehead atoms. The van der Waals surface area contributed by atoms with Gasteiger partial charge in [0.2, 0.25) is 0 Å². The van der Waals surface area contributed by atoms with E-state index in [-0.39, 0.29) is 12.1 Å². The summed E-state index contributed by atoms with van der Waals surface area (Å²) in [6.45, 7) is 15.6. The second kappa shape index (κ2) is 35.3. The van der Waals surface area contributed by atoms with E-state index in [9.17, 15) is 9.90 Å². The zero-order valence-electron chi connectivity index (χ0n) is 34.4. The Morgan fingerprint density at radius 2 is 1.06 bits per heavy atom. The van der Waals surface area contributed by atoms with Crippen molar-refractivity contribution < 1.29 is 14.6 Å². The Kier molecular flexibility index (Phi) is 33.5. The molecule has 298 valence electrons. The van der Waals surface area contributed by atoms with Crippen LogP contribution in [0.3, 0.4) is 0 Å². The summed E-state index contributed by atoms with van der Waals surface area (Å²) in [4.78, 5) is 20.4. The van der Waals surface area contributed by atoms with Crippen molar-refractivity contribution in [3.05, 3.63) is 0 Å². The van der Waals surface area contributed by atoms with Gasteiger partial charge < -0.3 is 24.5 Å². The lowest BCUT2D eigenvalue weighted by atomic mass is 9.94. The van der Waals surface area contributed by atoms with E-state index in [1.54, 1.807) is 0 Å². The molecule has 1 fully saturated rings. The van der Waals surface area contributed by atoms with Crippen molar-refractivity contribution >= 4 is 5.97 Å². The van der Waals surface area contributed by atoms with E-state index in [0.29, 0.717) is 32.0 Å². The van der Waals surface area contributed by atoms with E-state index >= 15 is 0 Å². The van der Waals surface area contributed by atoms with Gasteiger partial charge >= 0.3 is 5.97 Å². The third kappa shape index (κ3) is 29.8. The van der Waals surface area contributed by atoms with E-state index in [1.807, 2.05) is 0 Å². The Bertz CT molecular complexity index is 715. The fourth-order valence-electron chi connectivity index (χ4n) is 7.56. The second-order valence-corrected chi connectivity index (χ2v) is 16.2. The molecule has 2 atom stereocenters. The Morgan fingerprint density at radius 3 is 1.56 bits per heavy atom. The quantitative estimate of drug-likeness (QED) is 0.0512. The molecule has 0 aromatic carbocycles. The van der Waals surface area contributed by atoms with Crippen LogP contribution in [0.4, 0.5) is 0 Å². The van der Waals surface area contributed by atoms with Gasteiger partial charge in [0.25, 0.3) is 0 Å². The number of hydrogen-bond donors (Lipinski definition) is 1. The second-order valence-electron chi connectivity index (χ2n) is 16.2. The number of carbonyl (C=O) groups is 1. The van der Waals surface area contributed by atoms with Gasteiger partial charge in [-0.2, -0.15) is 0 Å². The molecule has 1 heterocycles. The summed E-state index contributed by atoms with van der Waals surface area (Å²) in [5.74, 6) is 0.457. The number of esters is 1.